The van der Waals surface area contributed by atoms with Crippen LogP contribution in [0.5, 0.6) is 17.2 Å². The van der Waals surface area contributed by atoms with Crippen LogP contribution in [-0.4, -0.2) is 25.6 Å². The molecule has 5 nitrogen and oxygen atoms in total. The number of benzene rings is 2. The van der Waals surface area contributed by atoms with E-state index in [4.69, 9.17) is 14.2 Å². The number of carbonyl (C=O) groups excluding carboxylic acids is 1. The van der Waals surface area contributed by atoms with Gasteiger partial charge in [0.05, 0.1) is 18.6 Å². The van der Waals surface area contributed by atoms with Crippen molar-refractivity contribution in [3.8, 4) is 17.2 Å². The Kier molecular flexibility index (Phi) is 5.15. The summed E-state index contributed by atoms with van der Waals surface area (Å²) in [7, 11) is 1.59. The van der Waals surface area contributed by atoms with Gasteiger partial charge in [0.1, 0.15) is 5.75 Å². The van der Waals surface area contributed by atoms with Gasteiger partial charge in [-0.3, -0.25) is 4.79 Å². The summed E-state index contributed by atoms with van der Waals surface area (Å²) in [5.74, 6) is 3.25. The predicted molar refractivity (Wildman–Crippen MR) is 95.1 cm³/mol. The minimum atomic E-state index is -0.0513. The first-order chi connectivity index (χ1) is 11.7. The van der Waals surface area contributed by atoms with Crippen LogP contribution in [0.25, 0.3) is 0 Å². The lowest BCUT2D eigenvalue weighted by Gasteiger charge is -2.11. The minimum absolute atomic E-state index is 0.0513. The molecule has 3 rings (SSSR count). The van der Waals surface area contributed by atoms with Crippen LogP contribution in [-0.2, 0) is 10.5 Å². The van der Waals surface area contributed by atoms with Crippen LogP contribution < -0.4 is 19.5 Å². The van der Waals surface area contributed by atoms with Crippen LogP contribution in [0.2, 0.25) is 0 Å². The van der Waals surface area contributed by atoms with Crippen molar-refractivity contribution >= 4 is 23.4 Å². The molecule has 2 aromatic rings. The number of aryl methyl sites for hydroxylation is 1. The smallest absolute Gasteiger partial charge is 0.234 e. The van der Waals surface area contributed by atoms with Gasteiger partial charge >= 0.3 is 0 Å². The third-order valence-corrected chi connectivity index (χ3v) is 4.57. The second-order valence-corrected chi connectivity index (χ2v) is 6.42. The van der Waals surface area contributed by atoms with E-state index >= 15 is 0 Å². The Morgan fingerprint density at radius 3 is 2.88 bits per heavy atom. The lowest BCUT2D eigenvalue weighted by atomic mass is 10.2. The van der Waals surface area contributed by atoms with E-state index < -0.39 is 0 Å². The van der Waals surface area contributed by atoms with Crippen LogP contribution in [0.15, 0.2) is 36.4 Å². The van der Waals surface area contributed by atoms with Gasteiger partial charge in [-0.15, -0.1) is 11.8 Å². The summed E-state index contributed by atoms with van der Waals surface area (Å²) in [6.07, 6.45) is 0. The molecule has 0 bridgehead atoms. The Labute approximate surface area is 145 Å². The van der Waals surface area contributed by atoms with E-state index in [0.717, 1.165) is 28.4 Å². The maximum absolute atomic E-state index is 12.1. The fraction of sp³-hybridized carbons (Fsp3) is 0.278. The first-order valence-corrected chi connectivity index (χ1v) is 8.72. The summed E-state index contributed by atoms with van der Waals surface area (Å²) in [6, 6.07) is 11.5. The molecule has 0 aliphatic carbocycles. The minimum Gasteiger partial charge on any atom is -0.495 e. The molecular weight excluding hydrogens is 326 g/mol. The van der Waals surface area contributed by atoms with Crippen molar-refractivity contribution in [3.63, 3.8) is 0 Å². The Morgan fingerprint density at radius 1 is 1.21 bits per heavy atom. The van der Waals surface area contributed by atoms with Gasteiger partial charge in [0.25, 0.3) is 0 Å². The summed E-state index contributed by atoms with van der Waals surface area (Å²) < 4.78 is 15.9. The molecule has 2 aromatic carbocycles. The van der Waals surface area contributed by atoms with Crippen molar-refractivity contribution in [1.29, 1.82) is 0 Å². The van der Waals surface area contributed by atoms with Crippen molar-refractivity contribution in [3.05, 3.63) is 47.5 Å². The number of anilines is 1. The van der Waals surface area contributed by atoms with Crippen molar-refractivity contribution in [1.82, 2.24) is 0 Å². The zero-order valence-corrected chi connectivity index (χ0v) is 14.4. The first kappa shape index (κ1) is 16.5. The number of rotatable bonds is 6. The zero-order valence-electron chi connectivity index (χ0n) is 13.6. The van der Waals surface area contributed by atoms with Gasteiger partial charge in [-0.2, -0.15) is 0 Å². The molecule has 0 atom stereocenters. The van der Waals surface area contributed by atoms with E-state index in [1.165, 1.54) is 0 Å². The molecule has 1 aliphatic heterocycles. The molecule has 1 heterocycles. The molecule has 126 valence electrons. The molecule has 1 N–H and O–H groups in total. The van der Waals surface area contributed by atoms with Gasteiger partial charge < -0.3 is 19.5 Å². The van der Waals surface area contributed by atoms with Gasteiger partial charge in [-0.05, 0) is 42.3 Å². The van der Waals surface area contributed by atoms with Crippen LogP contribution in [0.4, 0.5) is 5.69 Å². The third kappa shape index (κ3) is 3.94. The summed E-state index contributed by atoms with van der Waals surface area (Å²) in [5.41, 5.74) is 2.87. The average Bonchev–Trinajstić information content (AvgIpc) is 3.03. The van der Waals surface area contributed by atoms with E-state index in [9.17, 15) is 4.79 Å². The molecule has 0 radical (unpaired) electrons. The number of nitrogens with one attached hydrogen (secondary N) is 1. The highest BCUT2D eigenvalue weighted by molar-refractivity contribution is 7.99. The Bertz CT molecular complexity index is 748. The Balaban J connectivity index is 1.52. The number of amides is 1. The third-order valence-electron chi connectivity index (χ3n) is 3.57. The summed E-state index contributed by atoms with van der Waals surface area (Å²) in [5, 5.41) is 2.90. The molecule has 24 heavy (non-hydrogen) atoms. The average molecular weight is 345 g/mol. The highest BCUT2D eigenvalue weighted by Crippen LogP contribution is 2.33. The number of methoxy groups -OCH3 is 1. The van der Waals surface area contributed by atoms with Crippen LogP contribution in [0.1, 0.15) is 11.1 Å². The Morgan fingerprint density at radius 2 is 2.04 bits per heavy atom. The maximum Gasteiger partial charge on any atom is 0.234 e. The number of thioether (sulfide) groups is 1. The van der Waals surface area contributed by atoms with E-state index in [-0.39, 0.29) is 12.7 Å². The van der Waals surface area contributed by atoms with E-state index in [1.807, 2.05) is 43.3 Å². The number of hydrogen-bond acceptors (Lipinski definition) is 5. The van der Waals surface area contributed by atoms with Gasteiger partial charge in [-0.25, -0.2) is 0 Å². The fourth-order valence-corrected chi connectivity index (χ4v) is 3.17. The standard InChI is InChI=1S/C18H19NO4S/c1-12-3-5-15(21-2)14(7-12)19-18(20)10-24-9-13-4-6-16-17(8-13)23-11-22-16/h3-8H,9-11H2,1-2H3,(H,19,20). The molecular formula is C18H19NO4S. The lowest BCUT2D eigenvalue weighted by Crippen LogP contribution is -2.15. The second kappa shape index (κ2) is 7.49. The Hall–Kier alpha value is -2.34. The molecule has 0 fully saturated rings. The molecule has 1 amide bonds. The number of ether oxygens (including phenoxy) is 3. The molecule has 0 spiro atoms. The number of hydrogen-bond donors (Lipinski definition) is 1. The number of fused-ring (bicyclic) bond motifs is 1. The van der Waals surface area contributed by atoms with Gasteiger partial charge in [0, 0.05) is 5.75 Å². The molecule has 0 saturated carbocycles. The maximum atomic E-state index is 12.1. The molecule has 0 unspecified atom stereocenters. The largest absolute Gasteiger partial charge is 0.495 e. The molecule has 0 aromatic heterocycles. The van der Waals surface area contributed by atoms with E-state index in [1.54, 1.807) is 18.9 Å². The van der Waals surface area contributed by atoms with E-state index in [0.29, 0.717) is 17.2 Å². The normalized spacial score (nSPS) is 12.1. The van der Waals surface area contributed by atoms with E-state index in [2.05, 4.69) is 5.32 Å². The van der Waals surface area contributed by atoms with Gasteiger partial charge in [0.15, 0.2) is 11.5 Å². The zero-order chi connectivity index (χ0) is 16.9. The number of carbonyl (C=O) groups is 1. The summed E-state index contributed by atoms with van der Waals surface area (Å²) in [6.45, 7) is 2.25. The SMILES string of the molecule is COc1ccc(C)cc1NC(=O)CSCc1ccc2c(c1)OCO2. The summed E-state index contributed by atoms with van der Waals surface area (Å²) >= 11 is 1.55. The van der Waals surface area contributed by atoms with Crippen molar-refractivity contribution in [2.24, 2.45) is 0 Å². The second-order valence-electron chi connectivity index (χ2n) is 5.43. The van der Waals surface area contributed by atoms with Crippen molar-refractivity contribution in [2.75, 3.05) is 25.0 Å². The topological polar surface area (TPSA) is 56.8 Å². The van der Waals surface area contributed by atoms with Gasteiger partial charge in [-0.1, -0.05) is 12.1 Å². The first-order valence-electron chi connectivity index (χ1n) is 7.56. The molecule has 0 saturated heterocycles. The monoisotopic (exact) mass is 345 g/mol. The fourth-order valence-electron chi connectivity index (χ4n) is 2.40. The lowest BCUT2D eigenvalue weighted by molar-refractivity contribution is -0.113. The van der Waals surface area contributed by atoms with Crippen LogP contribution in [0, 0.1) is 6.92 Å². The van der Waals surface area contributed by atoms with Crippen LogP contribution in [0.3, 0.4) is 0 Å². The summed E-state index contributed by atoms with van der Waals surface area (Å²) in [4.78, 5) is 12.1. The highest BCUT2D eigenvalue weighted by atomic mass is 32.2. The van der Waals surface area contributed by atoms with Crippen molar-refractivity contribution < 1.29 is 19.0 Å². The van der Waals surface area contributed by atoms with Gasteiger partial charge in [0.2, 0.25) is 12.7 Å². The predicted octanol–water partition coefficient (Wildman–Crippen LogP) is 3.60. The van der Waals surface area contributed by atoms with Crippen molar-refractivity contribution in [2.45, 2.75) is 12.7 Å². The quantitative estimate of drug-likeness (QED) is 0.867. The highest BCUT2D eigenvalue weighted by Gasteiger charge is 2.13. The molecule has 1 aliphatic rings. The molecule has 6 heteroatoms. The van der Waals surface area contributed by atoms with Crippen LogP contribution >= 0.6 is 11.8 Å².